The van der Waals surface area contributed by atoms with Gasteiger partial charge in [-0.05, 0) is 24.4 Å². The summed E-state index contributed by atoms with van der Waals surface area (Å²) >= 11 is 4.78. The third-order valence-corrected chi connectivity index (χ3v) is 1.88. The first kappa shape index (κ1) is 10.8. The van der Waals surface area contributed by atoms with Crippen LogP contribution in [0.15, 0.2) is 18.2 Å². The summed E-state index contributed by atoms with van der Waals surface area (Å²) in [5, 5.41) is 3.80. The zero-order valence-electron chi connectivity index (χ0n) is 7.42. The van der Waals surface area contributed by atoms with Crippen LogP contribution < -0.4 is 11.2 Å². The molecule has 3 N–H and O–H groups in total. The van der Waals surface area contributed by atoms with Crippen LogP contribution in [0.5, 0.6) is 0 Å². The second-order valence-corrected chi connectivity index (χ2v) is 3.05. The van der Waals surface area contributed by atoms with Crippen LogP contribution in [0.4, 0.5) is 14.5 Å². The Labute approximate surface area is 85.5 Å². The first-order valence-electron chi connectivity index (χ1n) is 3.75. The fraction of sp³-hybridized carbons (Fsp3) is 0.125. The number of hydrazine groups is 1. The molecule has 0 amide bonds. The van der Waals surface area contributed by atoms with E-state index in [1.807, 2.05) is 0 Å². The van der Waals surface area contributed by atoms with Crippen LogP contribution in [0.2, 0.25) is 0 Å². The van der Waals surface area contributed by atoms with E-state index >= 15 is 0 Å². The quantitative estimate of drug-likeness (QED) is 0.424. The van der Waals surface area contributed by atoms with Crippen LogP contribution in [0.3, 0.4) is 0 Å². The number of hydrogen-bond acceptors (Lipinski definition) is 2. The number of rotatable bonds is 1. The van der Waals surface area contributed by atoms with Gasteiger partial charge in [-0.1, -0.05) is 0 Å². The van der Waals surface area contributed by atoms with Crippen LogP contribution >= 0.6 is 12.2 Å². The summed E-state index contributed by atoms with van der Waals surface area (Å²) in [6.07, 6.45) is 0. The lowest BCUT2D eigenvalue weighted by atomic mass is 10.3. The highest BCUT2D eigenvalue weighted by atomic mass is 32.1. The molecule has 0 saturated carbocycles. The van der Waals surface area contributed by atoms with Gasteiger partial charge < -0.3 is 5.32 Å². The number of hydrogen-bond donors (Lipinski definition) is 2. The van der Waals surface area contributed by atoms with E-state index in [9.17, 15) is 8.78 Å². The van der Waals surface area contributed by atoms with Gasteiger partial charge in [-0.25, -0.2) is 14.6 Å². The van der Waals surface area contributed by atoms with Crippen LogP contribution in [0.1, 0.15) is 0 Å². The molecule has 6 heteroatoms. The highest BCUT2D eigenvalue weighted by Crippen LogP contribution is 2.14. The normalized spacial score (nSPS) is 9.71. The molecule has 1 rings (SSSR count). The van der Waals surface area contributed by atoms with Gasteiger partial charge in [0.15, 0.2) is 5.11 Å². The molecule has 0 spiro atoms. The van der Waals surface area contributed by atoms with Crippen molar-refractivity contribution in [2.75, 3.05) is 12.4 Å². The van der Waals surface area contributed by atoms with Crippen molar-refractivity contribution in [1.82, 2.24) is 5.01 Å². The van der Waals surface area contributed by atoms with Crippen molar-refractivity contribution in [3.63, 3.8) is 0 Å². The van der Waals surface area contributed by atoms with Gasteiger partial charge in [-0.15, -0.1) is 0 Å². The van der Waals surface area contributed by atoms with E-state index in [1.54, 1.807) is 0 Å². The predicted molar refractivity (Wildman–Crippen MR) is 54.5 cm³/mol. The van der Waals surface area contributed by atoms with Crippen molar-refractivity contribution in [1.29, 1.82) is 0 Å². The molecule has 0 aromatic heterocycles. The number of thiocarbonyl (C=S) groups is 1. The lowest BCUT2D eigenvalue weighted by Crippen LogP contribution is -2.36. The average molecular weight is 217 g/mol. The molecule has 3 nitrogen and oxygen atoms in total. The maximum atomic E-state index is 13.1. The van der Waals surface area contributed by atoms with Gasteiger partial charge in [0.2, 0.25) is 0 Å². The van der Waals surface area contributed by atoms with Gasteiger partial charge in [0.25, 0.3) is 0 Å². The third-order valence-electron chi connectivity index (χ3n) is 1.49. The van der Waals surface area contributed by atoms with Crippen molar-refractivity contribution in [2.45, 2.75) is 0 Å². The van der Waals surface area contributed by atoms with Crippen LogP contribution in [-0.4, -0.2) is 17.2 Å². The number of nitrogens with zero attached hydrogens (tertiary/aromatic N) is 1. The smallest absolute Gasteiger partial charge is 0.187 e. The molecule has 0 atom stereocenters. The second-order valence-electron chi connectivity index (χ2n) is 2.67. The van der Waals surface area contributed by atoms with Crippen LogP contribution in [0.25, 0.3) is 0 Å². The van der Waals surface area contributed by atoms with E-state index in [4.69, 9.17) is 18.1 Å². The van der Waals surface area contributed by atoms with Crippen molar-refractivity contribution in [3.8, 4) is 0 Å². The second kappa shape index (κ2) is 4.30. The molecule has 0 aliphatic rings. The summed E-state index contributed by atoms with van der Waals surface area (Å²) in [6, 6.07) is 3.15. The molecule has 0 radical (unpaired) electrons. The number of benzene rings is 1. The Bertz CT molecular complexity index is 354. The Kier molecular flexibility index (Phi) is 3.32. The van der Waals surface area contributed by atoms with Gasteiger partial charge in [0, 0.05) is 13.1 Å². The van der Waals surface area contributed by atoms with Crippen molar-refractivity contribution in [2.24, 2.45) is 5.84 Å². The van der Waals surface area contributed by atoms with Gasteiger partial charge >= 0.3 is 0 Å². The predicted octanol–water partition coefficient (Wildman–Crippen LogP) is 1.47. The summed E-state index contributed by atoms with van der Waals surface area (Å²) in [4.78, 5) is 0. The maximum absolute atomic E-state index is 13.1. The number of anilines is 1. The van der Waals surface area contributed by atoms with E-state index in [0.29, 0.717) is 0 Å². The van der Waals surface area contributed by atoms with E-state index < -0.39 is 11.6 Å². The van der Waals surface area contributed by atoms with Gasteiger partial charge in [0.05, 0.1) is 5.69 Å². The van der Waals surface area contributed by atoms with Crippen molar-refractivity contribution in [3.05, 3.63) is 29.8 Å². The Hall–Kier alpha value is -1.27. The molecule has 0 unspecified atom stereocenters. The number of nitrogens with two attached hydrogens (primary N) is 1. The van der Waals surface area contributed by atoms with Gasteiger partial charge in [-0.3, -0.25) is 5.01 Å². The zero-order chi connectivity index (χ0) is 10.7. The van der Waals surface area contributed by atoms with Gasteiger partial charge in [0.1, 0.15) is 11.6 Å². The standard InChI is InChI=1S/C8H9F2N3S/c1-13(11)8(14)12-7-3-2-5(9)4-6(7)10/h2-4H,11H2,1H3,(H,12,14). The Balaban J connectivity index is 2.82. The molecule has 0 bridgehead atoms. The summed E-state index contributed by atoms with van der Waals surface area (Å²) in [7, 11) is 1.51. The maximum Gasteiger partial charge on any atom is 0.187 e. The SMILES string of the molecule is CN(N)C(=S)Nc1ccc(F)cc1F. The lowest BCUT2D eigenvalue weighted by molar-refractivity contribution is 0.546. The summed E-state index contributed by atoms with van der Waals surface area (Å²) in [5.41, 5.74) is 0.0914. The molecule has 0 aliphatic carbocycles. The Morgan fingerprint density at radius 2 is 2.14 bits per heavy atom. The van der Waals surface area contributed by atoms with E-state index in [1.165, 1.54) is 13.1 Å². The number of nitrogens with one attached hydrogen (secondary N) is 1. The monoisotopic (exact) mass is 217 g/mol. The third kappa shape index (κ3) is 2.61. The number of halogens is 2. The van der Waals surface area contributed by atoms with Crippen LogP contribution in [0, 0.1) is 11.6 Å². The van der Waals surface area contributed by atoms with Crippen molar-refractivity contribution >= 4 is 23.0 Å². The Morgan fingerprint density at radius 3 is 2.64 bits per heavy atom. The topological polar surface area (TPSA) is 41.3 Å². The minimum atomic E-state index is -0.714. The summed E-state index contributed by atoms with van der Waals surface area (Å²) in [6.45, 7) is 0. The minimum absolute atomic E-state index is 0.0914. The summed E-state index contributed by atoms with van der Waals surface area (Å²) in [5.74, 6) is 3.94. The fourth-order valence-corrected chi connectivity index (χ4v) is 0.904. The summed E-state index contributed by atoms with van der Waals surface area (Å²) < 4.78 is 25.6. The first-order chi connectivity index (χ1) is 6.50. The first-order valence-corrected chi connectivity index (χ1v) is 4.16. The zero-order valence-corrected chi connectivity index (χ0v) is 8.24. The van der Waals surface area contributed by atoms with Crippen LogP contribution in [-0.2, 0) is 0 Å². The molecular weight excluding hydrogens is 208 g/mol. The highest BCUT2D eigenvalue weighted by molar-refractivity contribution is 7.80. The molecule has 0 heterocycles. The average Bonchev–Trinajstić information content (AvgIpc) is 2.09. The largest absolute Gasteiger partial charge is 0.329 e. The molecule has 1 aromatic rings. The van der Waals surface area contributed by atoms with Gasteiger partial charge in [-0.2, -0.15) is 0 Å². The molecule has 76 valence electrons. The molecule has 14 heavy (non-hydrogen) atoms. The van der Waals surface area contributed by atoms with E-state index in [2.05, 4.69) is 5.32 Å². The molecule has 0 fully saturated rings. The molecular formula is C8H9F2N3S. The Morgan fingerprint density at radius 1 is 1.50 bits per heavy atom. The molecule has 1 aromatic carbocycles. The molecule has 0 aliphatic heterocycles. The minimum Gasteiger partial charge on any atom is -0.329 e. The highest BCUT2D eigenvalue weighted by Gasteiger charge is 2.06. The van der Waals surface area contributed by atoms with E-state index in [-0.39, 0.29) is 10.8 Å². The molecule has 0 saturated heterocycles. The fourth-order valence-electron chi connectivity index (χ4n) is 0.794. The van der Waals surface area contributed by atoms with Crippen molar-refractivity contribution < 1.29 is 8.78 Å². The van der Waals surface area contributed by atoms with E-state index in [0.717, 1.165) is 17.1 Å². The lowest BCUT2D eigenvalue weighted by Gasteiger charge is -2.15.